The maximum Gasteiger partial charge on any atom is 0.277 e. The SMILES string of the molecule is COc1ccc(-c2noc(CSc3nnc(-c4ccc(C)c(C)c4)o3)n2)cc1OC. The topological polar surface area (TPSA) is 96.3 Å². The van der Waals surface area contributed by atoms with Crippen LogP contribution in [0.4, 0.5) is 0 Å². The van der Waals surface area contributed by atoms with Crippen molar-refractivity contribution in [3.05, 3.63) is 53.4 Å². The molecule has 0 saturated carbocycles. The molecule has 0 saturated heterocycles. The number of methoxy groups -OCH3 is 2. The minimum absolute atomic E-state index is 0.412. The first-order valence-electron chi connectivity index (χ1n) is 9.16. The van der Waals surface area contributed by atoms with Crippen molar-refractivity contribution in [2.45, 2.75) is 24.8 Å². The van der Waals surface area contributed by atoms with Crippen molar-refractivity contribution in [3.63, 3.8) is 0 Å². The van der Waals surface area contributed by atoms with Crippen molar-refractivity contribution in [1.29, 1.82) is 0 Å². The van der Waals surface area contributed by atoms with Gasteiger partial charge in [0.05, 0.1) is 20.0 Å². The summed E-state index contributed by atoms with van der Waals surface area (Å²) in [6, 6.07) is 11.5. The van der Waals surface area contributed by atoms with Gasteiger partial charge in [-0.05, 0) is 55.3 Å². The van der Waals surface area contributed by atoms with Crippen LogP contribution in [0, 0.1) is 13.8 Å². The average Bonchev–Trinajstić information content (AvgIpc) is 3.43. The second-order valence-electron chi connectivity index (χ2n) is 6.54. The van der Waals surface area contributed by atoms with Gasteiger partial charge in [0.15, 0.2) is 11.5 Å². The first kappa shape index (κ1) is 20.0. The average molecular weight is 424 g/mol. The van der Waals surface area contributed by atoms with Crippen LogP contribution >= 0.6 is 11.8 Å². The third-order valence-corrected chi connectivity index (χ3v) is 5.39. The van der Waals surface area contributed by atoms with Crippen LogP contribution in [-0.4, -0.2) is 34.6 Å². The largest absolute Gasteiger partial charge is 0.493 e. The molecule has 0 aliphatic heterocycles. The summed E-state index contributed by atoms with van der Waals surface area (Å²) in [5, 5.41) is 12.7. The summed E-state index contributed by atoms with van der Waals surface area (Å²) in [5.41, 5.74) is 4.05. The standard InChI is InChI=1S/C21H20N4O4S/c1-12-5-6-15(9-13(12)2)20-23-24-21(28-20)30-11-18-22-19(25-29-18)14-7-8-16(26-3)17(10-14)27-4/h5-10H,11H2,1-4H3. The molecule has 4 aromatic rings. The van der Waals surface area contributed by atoms with Crippen LogP contribution in [0.25, 0.3) is 22.8 Å². The predicted octanol–water partition coefficient (Wildman–Crippen LogP) is 4.71. The van der Waals surface area contributed by atoms with E-state index in [1.54, 1.807) is 26.4 Å². The number of aryl methyl sites for hydroxylation is 2. The van der Waals surface area contributed by atoms with Crippen molar-refractivity contribution in [3.8, 4) is 34.3 Å². The number of ether oxygens (including phenoxy) is 2. The highest BCUT2D eigenvalue weighted by molar-refractivity contribution is 7.98. The van der Waals surface area contributed by atoms with Crippen LogP contribution in [0.15, 0.2) is 50.6 Å². The molecule has 2 aromatic carbocycles. The Kier molecular flexibility index (Phi) is 5.71. The lowest BCUT2D eigenvalue weighted by Crippen LogP contribution is -1.91. The molecular weight excluding hydrogens is 404 g/mol. The van der Waals surface area contributed by atoms with Crippen LogP contribution in [0.2, 0.25) is 0 Å². The van der Waals surface area contributed by atoms with Crippen molar-refractivity contribution in [2.75, 3.05) is 14.2 Å². The van der Waals surface area contributed by atoms with E-state index in [0.29, 0.717) is 40.1 Å². The van der Waals surface area contributed by atoms with Gasteiger partial charge in [0.25, 0.3) is 5.22 Å². The fourth-order valence-electron chi connectivity index (χ4n) is 2.79. The van der Waals surface area contributed by atoms with Gasteiger partial charge in [-0.3, -0.25) is 0 Å². The zero-order valence-electron chi connectivity index (χ0n) is 17.0. The number of rotatable bonds is 7. The van der Waals surface area contributed by atoms with Gasteiger partial charge in [0, 0.05) is 11.1 Å². The molecule has 0 unspecified atom stereocenters. The molecule has 2 heterocycles. The molecule has 9 heteroatoms. The van der Waals surface area contributed by atoms with Crippen molar-refractivity contribution in [2.24, 2.45) is 0 Å². The third-order valence-electron chi connectivity index (χ3n) is 4.59. The number of thioether (sulfide) groups is 1. The molecule has 2 aromatic heterocycles. The first-order chi connectivity index (χ1) is 14.6. The maximum atomic E-state index is 5.75. The third kappa shape index (κ3) is 4.16. The second kappa shape index (κ2) is 8.58. The lowest BCUT2D eigenvalue weighted by molar-refractivity contribution is 0.355. The monoisotopic (exact) mass is 424 g/mol. The van der Waals surface area contributed by atoms with Gasteiger partial charge in [0.2, 0.25) is 17.6 Å². The van der Waals surface area contributed by atoms with Gasteiger partial charge in [-0.2, -0.15) is 4.98 Å². The molecule has 154 valence electrons. The van der Waals surface area contributed by atoms with Crippen LogP contribution < -0.4 is 9.47 Å². The van der Waals surface area contributed by atoms with E-state index in [9.17, 15) is 0 Å². The second-order valence-corrected chi connectivity index (χ2v) is 7.47. The van der Waals surface area contributed by atoms with Crippen LogP contribution in [0.5, 0.6) is 11.5 Å². The molecule has 0 bridgehead atoms. The molecule has 0 aliphatic rings. The van der Waals surface area contributed by atoms with Crippen molar-refractivity contribution >= 4 is 11.8 Å². The molecule has 4 rings (SSSR count). The van der Waals surface area contributed by atoms with E-state index in [0.717, 1.165) is 11.1 Å². The van der Waals surface area contributed by atoms with Crippen LogP contribution in [-0.2, 0) is 5.75 Å². The zero-order valence-corrected chi connectivity index (χ0v) is 17.8. The number of hydrogen-bond acceptors (Lipinski definition) is 9. The molecule has 0 N–H and O–H groups in total. The van der Waals surface area contributed by atoms with Gasteiger partial charge in [0.1, 0.15) is 0 Å². The molecule has 0 spiro atoms. The highest BCUT2D eigenvalue weighted by Crippen LogP contribution is 2.32. The van der Waals surface area contributed by atoms with E-state index in [1.807, 2.05) is 24.3 Å². The fourth-order valence-corrected chi connectivity index (χ4v) is 3.39. The highest BCUT2D eigenvalue weighted by atomic mass is 32.2. The lowest BCUT2D eigenvalue weighted by atomic mass is 10.1. The predicted molar refractivity (Wildman–Crippen MR) is 112 cm³/mol. The Hall–Kier alpha value is -3.33. The molecular formula is C21H20N4O4S. The summed E-state index contributed by atoms with van der Waals surface area (Å²) in [6.45, 7) is 4.12. The van der Waals surface area contributed by atoms with Gasteiger partial charge in [-0.1, -0.05) is 23.0 Å². The van der Waals surface area contributed by atoms with Crippen LogP contribution in [0.1, 0.15) is 17.0 Å². The molecule has 30 heavy (non-hydrogen) atoms. The zero-order chi connectivity index (χ0) is 21.1. The highest BCUT2D eigenvalue weighted by Gasteiger charge is 2.15. The molecule has 0 amide bonds. The molecule has 8 nitrogen and oxygen atoms in total. The molecule has 0 radical (unpaired) electrons. The Morgan fingerprint density at radius 1 is 0.900 bits per heavy atom. The number of nitrogens with zero attached hydrogens (tertiary/aromatic N) is 4. The minimum atomic E-state index is 0.412. The molecule has 0 atom stereocenters. The Labute approximate surface area is 177 Å². The minimum Gasteiger partial charge on any atom is -0.493 e. The quantitative estimate of drug-likeness (QED) is 0.391. The number of hydrogen-bond donors (Lipinski definition) is 0. The summed E-state index contributed by atoms with van der Waals surface area (Å²) in [4.78, 5) is 4.43. The van der Waals surface area contributed by atoms with Gasteiger partial charge in [-0.15, -0.1) is 10.2 Å². The Morgan fingerprint density at radius 3 is 2.47 bits per heavy atom. The van der Waals surface area contributed by atoms with E-state index in [1.165, 1.54) is 22.9 Å². The first-order valence-corrected chi connectivity index (χ1v) is 10.1. The summed E-state index contributed by atoms with van der Waals surface area (Å²) < 4.78 is 21.7. The van der Waals surface area contributed by atoms with Crippen molar-refractivity contribution < 1.29 is 18.4 Å². The van der Waals surface area contributed by atoms with E-state index in [2.05, 4.69) is 34.2 Å². The summed E-state index contributed by atoms with van der Waals surface area (Å²) in [7, 11) is 3.17. The van der Waals surface area contributed by atoms with E-state index in [4.69, 9.17) is 18.4 Å². The summed E-state index contributed by atoms with van der Waals surface area (Å²) >= 11 is 1.34. The van der Waals surface area contributed by atoms with Crippen molar-refractivity contribution in [1.82, 2.24) is 20.3 Å². The molecule has 0 fully saturated rings. The summed E-state index contributed by atoms with van der Waals surface area (Å²) in [5.74, 6) is 3.05. The molecule has 0 aliphatic carbocycles. The van der Waals surface area contributed by atoms with E-state index < -0.39 is 0 Å². The van der Waals surface area contributed by atoms with E-state index in [-0.39, 0.29) is 0 Å². The maximum absolute atomic E-state index is 5.75. The Balaban J connectivity index is 1.44. The van der Waals surface area contributed by atoms with Gasteiger partial charge in [-0.25, -0.2) is 0 Å². The lowest BCUT2D eigenvalue weighted by Gasteiger charge is -2.07. The number of benzene rings is 2. The van der Waals surface area contributed by atoms with Gasteiger partial charge >= 0.3 is 0 Å². The van der Waals surface area contributed by atoms with Crippen LogP contribution in [0.3, 0.4) is 0 Å². The number of aromatic nitrogens is 4. The van der Waals surface area contributed by atoms with E-state index >= 15 is 0 Å². The fraction of sp³-hybridized carbons (Fsp3) is 0.238. The Morgan fingerprint density at radius 2 is 1.70 bits per heavy atom. The normalized spacial score (nSPS) is 10.9. The van der Waals surface area contributed by atoms with Gasteiger partial charge < -0.3 is 18.4 Å². The summed E-state index contributed by atoms with van der Waals surface area (Å²) in [6.07, 6.45) is 0. The Bertz CT molecular complexity index is 1170. The smallest absolute Gasteiger partial charge is 0.277 e.